The first-order valence-electron chi connectivity index (χ1n) is 6.83. The van der Waals surface area contributed by atoms with Crippen molar-refractivity contribution in [2.75, 3.05) is 26.2 Å². The van der Waals surface area contributed by atoms with Crippen LogP contribution in [0.25, 0.3) is 0 Å². The first-order chi connectivity index (χ1) is 10.2. The summed E-state index contributed by atoms with van der Waals surface area (Å²) in [5.74, 6) is -0.981. The number of aromatic hydroxyl groups is 1. The van der Waals surface area contributed by atoms with Gasteiger partial charge in [-0.1, -0.05) is 17.7 Å². The molecule has 0 amide bonds. The van der Waals surface area contributed by atoms with E-state index in [-0.39, 0.29) is 36.6 Å². The van der Waals surface area contributed by atoms with Gasteiger partial charge in [-0.25, -0.2) is 4.39 Å². The third-order valence-corrected chi connectivity index (χ3v) is 4.82. The van der Waals surface area contributed by atoms with Gasteiger partial charge in [0.2, 0.25) is 0 Å². The zero-order valence-corrected chi connectivity index (χ0v) is 15.4. The summed E-state index contributed by atoms with van der Waals surface area (Å²) in [4.78, 5) is 3.32. The Bertz CT molecular complexity index is 621. The lowest BCUT2D eigenvalue weighted by Gasteiger charge is -2.35. The van der Waals surface area contributed by atoms with Crippen LogP contribution in [-0.4, -0.2) is 36.2 Å². The van der Waals surface area contributed by atoms with E-state index >= 15 is 0 Å². The van der Waals surface area contributed by atoms with Gasteiger partial charge in [-0.15, -0.1) is 36.2 Å². The Morgan fingerprint density at radius 2 is 1.96 bits per heavy atom. The van der Waals surface area contributed by atoms with E-state index in [1.165, 1.54) is 0 Å². The van der Waals surface area contributed by atoms with Gasteiger partial charge in [-0.2, -0.15) is 0 Å². The molecule has 0 unspecified atom stereocenters. The van der Waals surface area contributed by atoms with Gasteiger partial charge in [0.25, 0.3) is 0 Å². The van der Waals surface area contributed by atoms with Crippen LogP contribution in [-0.2, 0) is 0 Å². The molecule has 2 N–H and O–H groups in total. The molecule has 1 aromatic carbocycles. The standard InChI is InChI=1S/C15H16ClFN2OS.2ClH/c16-10-8-11(15(20)12(17)9-10)14(13-2-1-7-21-13)19-5-3-18-4-6-19;;/h1-2,7-9,14,18,20H,3-6H2;2*1H/t14-;;/m0../s1. The number of nitrogens with one attached hydrogen (secondary N) is 1. The number of halogens is 4. The van der Waals surface area contributed by atoms with Gasteiger partial charge in [0, 0.05) is 41.6 Å². The molecule has 0 aliphatic carbocycles. The topological polar surface area (TPSA) is 35.5 Å². The Kier molecular flexibility index (Phi) is 8.07. The normalized spacial score (nSPS) is 16.3. The zero-order valence-electron chi connectivity index (χ0n) is 12.2. The number of benzene rings is 1. The van der Waals surface area contributed by atoms with Crippen molar-refractivity contribution in [3.8, 4) is 5.75 Å². The molecule has 1 fully saturated rings. The number of hydrogen-bond donors (Lipinski definition) is 2. The lowest BCUT2D eigenvalue weighted by molar-refractivity contribution is 0.197. The zero-order chi connectivity index (χ0) is 14.8. The molecule has 1 aliphatic rings. The Labute approximate surface area is 156 Å². The summed E-state index contributed by atoms with van der Waals surface area (Å²) >= 11 is 7.59. The molecule has 1 saturated heterocycles. The average Bonchev–Trinajstić information content (AvgIpc) is 2.99. The summed E-state index contributed by atoms with van der Waals surface area (Å²) < 4.78 is 13.8. The van der Waals surface area contributed by atoms with Crippen LogP contribution in [0.2, 0.25) is 5.02 Å². The highest BCUT2D eigenvalue weighted by molar-refractivity contribution is 7.10. The van der Waals surface area contributed by atoms with Crippen molar-refractivity contribution in [3.05, 3.63) is 50.9 Å². The molecule has 1 aliphatic heterocycles. The van der Waals surface area contributed by atoms with Gasteiger partial charge >= 0.3 is 0 Å². The molecule has 2 heterocycles. The van der Waals surface area contributed by atoms with Crippen LogP contribution in [0.3, 0.4) is 0 Å². The lowest BCUT2D eigenvalue weighted by atomic mass is 10.0. The van der Waals surface area contributed by atoms with Crippen molar-refractivity contribution in [3.63, 3.8) is 0 Å². The van der Waals surface area contributed by atoms with E-state index in [1.807, 2.05) is 17.5 Å². The quantitative estimate of drug-likeness (QED) is 0.816. The maximum absolute atomic E-state index is 13.8. The van der Waals surface area contributed by atoms with Crippen molar-refractivity contribution >= 4 is 47.8 Å². The largest absolute Gasteiger partial charge is 0.505 e. The molecule has 0 bridgehead atoms. The minimum absolute atomic E-state index is 0. The summed E-state index contributed by atoms with van der Waals surface area (Å²) in [6.07, 6.45) is 0. The van der Waals surface area contributed by atoms with Crippen LogP contribution in [0, 0.1) is 5.82 Å². The van der Waals surface area contributed by atoms with E-state index in [0.29, 0.717) is 10.6 Å². The number of hydrogen-bond acceptors (Lipinski definition) is 4. The van der Waals surface area contributed by atoms with Gasteiger partial charge in [-0.05, 0) is 23.6 Å². The first kappa shape index (κ1) is 20.5. The van der Waals surface area contributed by atoms with Gasteiger partial charge in [0.1, 0.15) is 0 Å². The van der Waals surface area contributed by atoms with Gasteiger partial charge in [-0.3, -0.25) is 4.90 Å². The van der Waals surface area contributed by atoms with E-state index in [4.69, 9.17) is 11.6 Å². The molecule has 1 aromatic heterocycles. The summed E-state index contributed by atoms with van der Waals surface area (Å²) in [6.45, 7) is 3.45. The van der Waals surface area contributed by atoms with E-state index < -0.39 is 5.82 Å². The molecular formula is C15H18Cl3FN2OS. The predicted octanol–water partition coefficient (Wildman–Crippen LogP) is 4.08. The molecule has 128 valence electrons. The van der Waals surface area contributed by atoms with Crippen LogP contribution in [0.4, 0.5) is 4.39 Å². The molecule has 0 saturated carbocycles. The second kappa shape index (κ2) is 9.06. The number of rotatable bonds is 3. The second-order valence-electron chi connectivity index (χ2n) is 5.03. The smallest absolute Gasteiger partial charge is 0.166 e. The molecule has 3 rings (SSSR count). The summed E-state index contributed by atoms with van der Waals surface area (Å²) in [5.41, 5.74) is 0.532. The Balaban J connectivity index is 0.00000132. The predicted molar refractivity (Wildman–Crippen MR) is 98.2 cm³/mol. The highest BCUT2D eigenvalue weighted by Crippen LogP contribution is 2.39. The second-order valence-corrected chi connectivity index (χ2v) is 6.45. The third-order valence-electron chi connectivity index (χ3n) is 3.68. The van der Waals surface area contributed by atoms with E-state index in [9.17, 15) is 9.50 Å². The number of nitrogens with zero attached hydrogens (tertiary/aromatic N) is 1. The lowest BCUT2D eigenvalue weighted by Crippen LogP contribution is -2.45. The van der Waals surface area contributed by atoms with Crippen molar-refractivity contribution in [1.82, 2.24) is 10.2 Å². The monoisotopic (exact) mass is 398 g/mol. The highest BCUT2D eigenvalue weighted by Gasteiger charge is 2.28. The third kappa shape index (κ3) is 4.50. The molecule has 3 nitrogen and oxygen atoms in total. The molecule has 0 spiro atoms. The average molecular weight is 400 g/mol. The fourth-order valence-electron chi connectivity index (χ4n) is 2.71. The van der Waals surface area contributed by atoms with E-state index in [2.05, 4.69) is 10.2 Å². The molecule has 1 atom stereocenters. The fourth-order valence-corrected chi connectivity index (χ4v) is 3.80. The van der Waals surface area contributed by atoms with Crippen LogP contribution >= 0.6 is 47.8 Å². The maximum atomic E-state index is 13.8. The van der Waals surface area contributed by atoms with Crippen molar-refractivity contribution < 1.29 is 9.50 Å². The van der Waals surface area contributed by atoms with Gasteiger partial charge in [0.15, 0.2) is 11.6 Å². The molecular weight excluding hydrogens is 382 g/mol. The van der Waals surface area contributed by atoms with Crippen LogP contribution in [0.5, 0.6) is 5.75 Å². The number of thiophene rings is 1. The van der Waals surface area contributed by atoms with Crippen LogP contribution in [0.1, 0.15) is 16.5 Å². The fraction of sp³-hybridized carbons (Fsp3) is 0.333. The van der Waals surface area contributed by atoms with Gasteiger partial charge < -0.3 is 10.4 Å². The minimum Gasteiger partial charge on any atom is -0.505 e. The summed E-state index contributed by atoms with van der Waals surface area (Å²) in [7, 11) is 0. The Morgan fingerprint density at radius 1 is 1.26 bits per heavy atom. The Hall–Kier alpha value is -0.560. The van der Waals surface area contributed by atoms with Gasteiger partial charge in [0.05, 0.1) is 6.04 Å². The van der Waals surface area contributed by atoms with Crippen LogP contribution in [0.15, 0.2) is 29.6 Å². The molecule has 23 heavy (non-hydrogen) atoms. The number of phenols is 1. The summed E-state index contributed by atoms with van der Waals surface area (Å²) in [6, 6.07) is 6.61. The molecule has 0 radical (unpaired) electrons. The van der Waals surface area contributed by atoms with E-state index in [0.717, 1.165) is 37.1 Å². The number of piperazine rings is 1. The highest BCUT2D eigenvalue weighted by atomic mass is 35.5. The minimum atomic E-state index is -0.672. The van der Waals surface area contributed by atoms with Crippen LogP contribution < -0.4 is 5.32 Å². The SMILES string of the molecule is Cl.Cl.Oc1c(F)cc(Cl)cc1[C@@H](c1cccs1)N1CCNCC1. The van der Waals surface area contributed by atoms with Crippen molar-refractivity contribution in [2.45, 2.75) is 6.04 Å². The summed E-state index contributed by atoms with van der Waals surface area (Å²) in [5, 5.41) is 15.7. The van der Waals surface area contributed by atoms with Crippen molar-refractivity contribution in [2.24, 2.45) is 0 Å². The van der Waals surface area contributed by atoms with E-state index in [1.54, 1.807) is 17.4 Å². The first-order valence-corrected chi connectivity index (χ1v) is 8.08. The molecule has 8 heteroatoms. The maximum Gasteiger partial charge on any atom is 0.166 e. The Morgan fingerprint density at radius 3 is 2.57 bits per heavy atom. The molecule has 2 aromatic rings. The number of phenolic OH excluding ortho intramolecular Hbond substituents is 1. The van der Waals surface area contributed by atoms with Crippen molar-refractivity contribution in [1.29, 1.82) is 0 Å².